The van der Waals surface area contributed by atoms with Crippen molar-refractivity contribution in [3.8, 4) is 17.2 Å². The zero-order valence-electron chi connectivity index (χ0n) is 22.0. The lowest BCUT2D eigenvalue weighted by Gasteiger charge is -2.27. The van der Waals surface area contributed by atoms with Crippen LogP contribution in [0, 0.1) is 18.6 Å². The summed E-state index contributed by atoms with van der Waals surface area (Å²) in [6.45, 7) is 3.07. The van der Waals surface area contributed by atoms with Crippen LogP contribution in [-0.2, 0) is 22.4 Å². The van der Waals surface area contributed by atoms with Crippen LogP contribution >= 0.6 is 0 Å². The summed E-state index contributed by atoms with van der Waals surface area (Å²) in [6.07, 6.45) is 1.87. The van der Waals surface area contributed by atoms with Gasteiger partial charge in [0, 0.05) is 6.42 Å². The van der Waals surface area contributed by atoms with E-state index in [-0.39, 0.29) is 24.7 Å². The van der Waals surface area contributed by atoms with E-state index in [0.29, 0.717) is 56.8 Å². The third kappa shape index (κ3) is 8.96. The van der Waals surface area contributed by atoms with Crippen LogP contribution in [0.2, 0.25) is 0 Å². The van der Waals surface area contributed by atoms with E-state index in [9.17, 15) is 18.7 Å². The van der Waals surface area contributed by atoms with Crippen LogP contribution < -0.4 is 14.2 Å². The zero-order valence-corrected chi connectivity index (χ0v) is 22.0. The minimum Gasteiger partial charge on any atom is -0.494 e. The number of ether oxygens (including phenoxy) is 4. The lowest BCUT2D eigenvalue weighted by Crippen LogP contribution is -2.36. The predicted molar refractivity (Wildman–Crippen MR) is 142 cm³/mol. The highest BCUT2D eigenvalue weighted by molar-refractivity contribution is 5.71. The Hall–Kier alpha value is -3.65. The number of hydrogen-bond acceptors (Lipinski definition) is 6. The molecular formula is C31H34F2O6. The van der Waals surface area contributed by atoms with E-state index < -0.39 is 18.2 Å². The van der Waals surface area contributed by atoms with E-state index in [1.807, 2.05) is 6.92 Å². The average molecular weight is 541 g/mol. The predicted octanol–water partition coefficient (Wildman–Crippen LogP) is 5.74. The molecule has 1 aliphatic heterocycles. The van der Waals surface area contributed by atoms with Gasteiger partial charge in [-0.3, -0.25) is 4.79 Å². The largest absolute Gasteiger partial charge is 0.494 e. The molecule has 4 rings (SSSR count). The average Bonchev–Trinajstić information content (AvgIpc) is 2.90. The van der Waals surface area contributed by atoms with Crippen LogP contribution in [0.5, 0.6) is 17.2 Å². The van der Waals surface area contributed by atoms with Gasteiger partial charge in [-0.25, -0.2) is 8.78 Å². The molecule has 3 aromatic carbocycles. The Morgan fingerprint density at radius 1 is 0.846 bits per heavy atom. The van der Waals surface area contributed by atoms with E-state index in [0.717, 1.165) is 22.4 Å². The summed E-state index contributed by atoms with van der Waals surface area (Å²) in [6, 6.07) is 16.0. The normalized spacial score (nSPS) is 17.0. The fourth-order valence-electron chi connectivity index (χ4n) is 4.59. The van der Waals surface area contributed by atoms with Crippen LogP contribution in [0.3, 0.4) is 0 Å². The lowest BCUT2D eigenvalue weighted by atomic mass is 9.98. The number of carbonyl (C=O) groups is 1. The second-order valence-corrected chi connectivity index (χ2v) is 9.74. The summed E-state index contributed by atoms with van der Waals surface area (Å²) in [4.78, 5) is 11.8. The summed E-state index contributed by atoms with van der Waals surface area (Å²) in [5.74, 6) is 0.905. The molecule has 0 saturated carbocycles. The summed E-state index contributed by atoms with van der Waals surface area (Å²) in [5.41, 5.74) is 3.11. The number of aryl methyl sites for hydroxylation is 3. The van der Waals surface area contributed by atoms with Crippen molar-refractivity contribution in [1.29, 1.82) is 0 Å². The Kier molecular flexibility index (Phi) is 10.1. The van der Waals surface area contributed by atoms with Gasteiger partial charge in [-0.2, -0.15) is 0 Å². The van der Waals surface area contributed by atoms with Gasteiger partial charge in [-0.15, -0.1) is 0 Å². The van der Waals surface area contributed by atoms with E-state index >= 15 is 0 Å². The van der Waals surface area contributed by atoms with Crippen LogP contribution in [-0.4, -0.2) is 43.1 Å². The van der Waals surface area contributed by atoms with Crippen molar-refractivity contribution in [1.82, 2.24) is 0 Å². The van der Waals surface area contributed by atoms with Gasteiger partial charge in [-0.05, 0) is 92.3 Å². The molecule has 1 fully saturated rings. The highest BCUT2D eigenvalue weighted by Gasteiger charge is 2.28. The molecular weight excluding hydrogens is 506 g/mol. The second kappa shape index (κ2) is 13.9. The van der Waals surface area contributed by atoms with Crippen molar-refractivity contribution in [3.63, 3.8) is 0 Å². The number of hydrogen-bond donors (Lipinski definition) is 1. The minimum atomic E-state index is -0.732. The van der Waals surface area contributed by atoms with Crippen molar-refractivity contribution in [2.45, 2.75) is 57.7 Å². The van der Waals surface area contributed by atoms with Crippen molar-refractivity contribution < 1.29 is 37.6 Å². The first-order chi connectivity index (χ1) is 18.9. The first-order valence-electron chi connectivity index (χ1n) is 13.2. The number of aliphatic hydroxyl groups excluding tert-OH is 1. The van der Waals surface area contributed by atoms with E-state index in [1.165, 1.54) is 24.3 Å². The quantitative estimate of drug-likeness (QED) is 0.220. The Morgan fingerprint density at radius 2 is 1.36 bits per heavy atom. The van der Waals surface area contributed by atoms with Crippen molar-refractivity contribution in [2.75, 3.05) is 19.8 Å². The minimum absolute atomic E-state index is 0.000354. The molecule has 0 aromatic heterocycles. The fraction of sp³-hybridized carbons (Fsp3) is 0.387. The molecule has 0 spiro atoms. The third-order valence-corrected chi connectivity index (χ3v) is 6.38. The van der Waals surface area contributed by atoms with Crippen LogP contribution in [0.15, 0.2) is 60.7 Å². The number of esters is 1. The Balaban J connectivity index is 1.41. The van der Waals surface area contributed by atoms with Gasteiger partial charge >= 0.3 is 5.97 Å². The van der Waals surface area contributed by atoms with Crippen molar-refractivity contribution in [2.24, 2.45) is 0 Å². The number of carbonyl (C=O) groups excluding carboxylic acids is 1. The van der Waals surface area contributed by atoms with Crippen LogP contribution in [0.4, 0.5) is 8.78 Å². The molecule has 0 amide bonds. The third-order valence-electron chi connectivity index (χ3n) is 6.38. The SMILES string of the molecule is Cc1cc(CCCOc2ccc(F)cc2)c(OC[C@@H]2C[C@@H](O)CC(=O)O2)c(CCCOc2ccc(F)cc2)c1. The molecule has 0 unspecified atom stereocenters. The Morgan fingerprint density at radius 3 is 1.85 bits per heavy atom. The number of cyclic esters (lactones) is 1. The van der Waals surface area contributed by atoms with E-state index in [1.54, 1.807) is 24.3 Å². The number of halogens is 2. The van der Waals surface area contributed by atoms with Crippen LogP contribution in [0.25, 0.3) is 0 Å². The summed E-state index contributed by atoms with van der Waals surface area (Å²) < 4.78 is 49.4. The Labute approximate surface area is 227 Å². The van der Waals surface area contributed by atoms with E-state index in [4.69, 9.17) is 18.9 Å². The standard InChI is InChI=1S/C31H34F2O6/c1-21-16-22(4-2-14-36-27-10-6-24(32)7-11-27)31(38-20-29-18-26(34)19-30(35)39-29)23(17-21)5-3-15-37-28-12-8-25(33)9-13-28/h6-13,16-17,26,29,34H,2-5,14-15,18-20H2,1H3/t26-,29+/m1/s1. The molecule has 3 aromatic rings. The number of benzene rings is 3. The topological polar surface area (TPSA) is 74.2 Å². The zero-order chi connectivity index (χ0) is 27.6. The van der Waals surface area contributed by atoms with Gasteiger partial charge in [-0.1, -0.05) is 17.7 Å². The van der Waals surface area contributed by atoms with Gasteiger partial charge in [0.15, 0.2) is 0 Å². The van der Waals surface area contributed by atoms with Gasteiger partial charge in [0.1, 0.15) is 41.6 Å². The first kappa shape index (κ1) is 28.4. The van der Waals surface area contributed by atoms with Crippen molar-refractivity contribution in [3.05, 3.63) is 89.0 Å². The molecule has 2 atom stereocenters. The molecule has 8 heteroatoms. The smallest absolute Gasteiger partial charge is 0.308 e. The molecule has 0 bridgehead atoms. The maximum absolute atomic E-state index is 13.1. The monoisotopic (exact) mass is 540 g/mol. The molecule has 0 aliphatic carbocycles. The summed E-state index contributed by atoms with van der Waals surface area (Å²) >= 11 is 0. The summed E-state index contributed by atoms with van der Waals surface area (Å²) in [7, 11) is 0. The van der Waals surface area contributed by atoms with Gasteiger partial charge < -0.3 is 24.1 Å². The highest BCUT2D eigenvalue weighted by atomic mass is 19.1. The van der Waals surface area contributed by atoms with Gasteiger partial charge in [0.2, 0.25) is 0 Å². The molecule has 1 aliphatic rings. The highest BCUT2D eigenvalue weighted by Crippen LogP contribution is 2.30. The molecule has 6 nitrogen and oxygen atoms in total. The summed E-state index contributed by atoms with van der Waals surface area (Å²) in [5, 5.41) is 9.97. The molecule has 39 heavy (non-hydrogen) atoms. The van der Waals surface area contributed by atoms with Gasteiger partial charge in [0.25, 0.3) is 0 Å². The Bertz CT molecular complexity index is 1140. The first-order valence-corrected chi connectivity index (χ1v) is 13.2. The number of rotatable bonds is 13. The maximum atomic E-state index is 13.1. The van der Waals surface area contributed by atoms with Crippen molar-refractivity contribution >= 4 is 5.97 Å². The molecule has 208 valence electrons. The van der Waals surface area contributed by atoms with E-state index in [2.05, 4.69) is 12.1 Å². The maximum Gasteiger partial charge on any atom is 0.308 e. The molecule has 0 radical (unpaired) electrons. The second-order valence-electron chi connectivity index (χ2n) is 9.74. The molecule has 1 N–H and O–H groups in total. The lowest BCUT2D eigenvalue weighted by molar-refractivity contribution is -0.162. The van der Waals surface area contributed by atoms with Gasteiger partial charge in [0.05, 0.1) is 25.7 Å². The molecule has 1 saturated heterocycles. The number of aliphatic hydroxyl groups is 1. The molecule has 1 heterocycles. The fourth-order valence-corrected chi connectivity index (χ4v) is 4.59. The van der Waals surface area contributed by atoms with Crippen LogP contribution in [0.1, 0.15) is 42.4 Å².